The van der Waals surface area contributed by atoms with Gasteiger partial charge in [0.2, 0.25) is 0 Å². The standard InChI is InChI=1S/C10H11NO2/c1-7-9(11-10(12)13-7)8-5-3-2-4-6-8/h2-7,9H,1H3,(H,11,12)/t7?,9-/m1/s1. The molecule has 1 aliphatic rings. The summed E-state index contributed by atoms with van der Waals surface area (Å²) in [6.07, 6.45) is -0.420. The molecule has 13 heavy (non-hydrogen) atoms. The minimum Gasteiger partial charge on any atom is -0.444 e. The first kappa shape index (κ1) is 8.10. The van der Waals surface area contributed by atoms with Crippen molar-refractivity contribution in [3.8, 4) is 0 Å². The number of hydrogen-bond acceptors (Lipinski definition) is 2. The summed E-state index contributed by atoms with van der Waals surface area (Å²) in [5, 5.41) is 2.76. The van der Waals surface area contributed by atoms with E-state index in [2.05, 4.69) is 5.32 Å². The quantitative estimate of drug-likeness (QED) is 0.711. The summed E-state index contributed by atoms with van der Waals surface area (Å²) >= 11 is 0. The zero-order valence-electron chi connectivity index (χ0n) is 7.36. The van der Waals surface area contributed by atoms with Crippen LogP contribution in [0.25, 0.3) is 0 Å². The van der Waals surface area contributed by atoms with Crippen LogP contribution in [0.1, 0.15) is 18.5 Å². The number of hydrogen-bond donors (Lipinski definition) is 1. The van der Waals surface area contributed by atoms with Crippen LogP contribution in [0.3, 0.4) is 0 Å². The maximum absolute atomic E-state index is 10.9. The topological polar surface area (TPSA) is 38.3 Å². The highest BCUT2D eigenvalue weighted by molar-refractivity contribution is 5.70. The minimum absolute atomic E-state index is 0.00583. The van der Waals surface area contributed by atoms with Gasteiger partial charge in [-0.15, -0.1) is 0 Å². The van der Waals surface area contributed by atoms with Crippen LogP contribution in [0.4, 0.5) is 4.79 Å². The SMILES string of the molecule is CC1OC(=O)N[C@H]1c1ccccc1. The zero-order valence-corrected chi connectivity index (χ0v) is 7.36. The molecule has 2 atom stereocenters. The third-order valence-corrected chi connectivity index (χ3v) is 2.19. The molecule has 1 heterocycles. The van der Waals surface area contributed by atoms with E-state index >= 15 is 0 Å². The molecule has 0 bridgehead atoms. The van der Waals surface area contributed by atoms with E-state index in [9.17, 15) is 4.79 Å². The molecule has 3 heteroatoms. The van der Waals surface area contributed by atoms with E-state index in [1.54, 1.807) is 0 Å². The molecule has 1 unspecified atom stereocenters. The minimum atomic E-state index is -0.332. The Morgan fingerprint density at radius 2 is 2.00 bits per heavy atom. The number of rotatable bonds is 1. The Kier molecular flexibility index (Phi) is 1.93. The van der Waals surface area contributed by atoms with Crippen molar-refractivity contribution in [2.75, 3.05) is 0 Å². The second kappa shape index (κ2) is 3.09. The first-order valence-corrected chi connectivity index (χ1v) is 4.29. The van der Waals surface area contributed by atoms with Gasteiger partial charge in [0.15, 0.2) is 0 Å². The first-order chi connectivity index (χ1) is 6.27. The largest absolute Gasteiger partial charge is 0.444 e. The van der Waals surface area contributed by atoms with Crippen LogP contribution < -0.4 is 5.32 Å². The maximum Gasteiger partial charge on any atom is 0.408 e. The van der Waals surface area contributed by atoms with Gasteiger partial charge in [-0.25, -0.2) is 4.79 Å². The molecule has 1 amide bonds. The van der Waals surface area contributed by atoms with Gasteiger partial charge in [-0.2, -0.15) is 0 Å². The van der Waals surface area contributed by atoms with E-state index in [0.717, 1.165) is 5.56 Å². The monoisotopic (exact) mass is 177 g/mol. The van der Waals surface area contributed by atoms with Gasteiger partial charge >= 0.3 is 6.09 Å². The highest BCUT2D eigenvalue weighted by Gasteiger charge is 2.31. The molecule has 3 nitrogen and oxygen atoms in total. The van der Waals surface area contributed by atoms with Crippen LogP contribution in [0.2, 0.25) is 0 Å². The molecule has 0 saturated carbocycles. The number of carbonyl (C=O) groups excluding carboxylic acids is 1. The van der Waals surface area contributed by atoms with Gasteiger partial charge in [0.25, 0.3) is 0 Å². The Morgan fingerprint density at radius 3 is 2.54 bits per heavy atom. The zero-order chi connectivity index (χ0) is 9.26. The van der Waals surface area contributed by atoms with Gasteiger partial charge < -0.3 is 10.1 Å². The summed E-state index contributed by atoms with van der Waals surface area (Å²) in [7, 11) is 0. The fourth-order valence-electron chi connectivity index (χ4n) is 1.53. The maximum atomic E-state index is 10.9. The lowest BCUT2D eigenvalue weighted by Crippen LogP contribution is -2.20. The molecule has 1 aliphatic heterocycles. The van der Waals surface area contributed by atoms with Crippen LogP contribution in [-0.2, 0) is 4.74 Å². The van der Waals surface area contributed by atoms with Crippen LogP contribution in [-0.4, -0.2) is 12.2 Å². The van der Waals surface area contributed by atoms with E-state index in [0.29, 0.717) is 0 Å². The molecule has 1 fully saturated rings. The summed E-state index contributed by atoms with van der Waals surface area (Å²) in [6, 6.07) is 9.81. The summed E-state index contributed by atoms with van der Waals surface area (Å²) < 4.78 is 4.98. The molecule has 68 valence electrons. The van der Waals surface area contributed by atoms with Crippen LogP contribution in [0, 0.1) is 0 Å². The van der Waals surface area contributed by atoms with Gasteiger partial charge in [-0.1, -0.05) is 30.3 Å². The van der Waals surface area contributed by atoms with Crippen LogP contribution in [0.5, 0.6) is 0 Å². The molecular weight excluding hydrogens is 166 g/mol. The molecule has 1 aromatic rings. The third kappa shape index (κ3) is 1.49. The molecule has 0 spiro atoms. The first-order valence-electron chi connectivity index (χ1n) is 4.29. The van der Waals surface area contributed by atoms with Crippen molar-refractivity contribution >= 4 is 6.09 Å². The molecule has 1 saturated heterocycles. The Morgan fingerprint density at radius 1 is 1.31 bits per heavy atom. The van der Waals surface area contributed by atoms with Crippen molar-refractivity contribution in [2.45, 2.75) is 19.1 Å². The highest BCUT2D eigenvalue weighted by atomic mass is 16.6. The number of alkyl carbamates (subject to hydrolysis) is 1. The Balaban J connectivity index is 2.23. The van der Waals surface area contributed by atoms with Gasteiger partial charge in [-0.3, -0.25) is 0 Å². The average molecular weight is 177 g/mol. The number of ether oxygens (including phenoxy) is 1. The number of carbonyl (C=O) groups is 1. The lowest BCUT2D eigenvalue weighted by molar-refractivity contribution is 0.141. The van der Waals surface area contributed by atoms with E-state index in [1.165, 1.54) is 0 Å². The van der Waals surface area contributed by atoms with Gasteiger partial charge in [0, 0.05) is 0 Å². The number of amides is 1. The molecule has 0 aromatic heterocycles. The fraction of sp³-hybridized carbons (Fsp3) is 0.300. The summed E-state index contributed by atoms with van der Waals surface area (Å²) in [6.45, 7) is 1.88. The van der Waals surface area contributed by atoms with E-state index < -0.39 is 0 Å². The molecule has 0 radical (unpaired) electrons. The number of nitrogens with one attached hydrogen (secondary N) is 1. The van der Waals surface area contributed by atoms with E-state index in [1.807, 2.05) is 37.3 Å². The number of cyclic esters (lactones) is 1. The predicted octanol–water partition coefficient (Wildman–Crippen LogP) is 1.86. The van der Waals surface area contributed by atoms with Gasteiger partial charge in [-0.05, 0) is 12.5 Å². The van der Waals surface area contributed by atoms with Crippen molar-refractivity contribution < 1.29 is 9.53 Å². The molecule has 1 N–H and O–H groups in total. The van der Waals surface area contributed by atoms with Gasteiger partial charge in [0.05, 0.1) is 6.04 Å². The van der Waals surface area contributed by atoms with Crippen LogP contribution in [0.15, 0.2) is 30.3 Å². The third-order valence-electron chi connectivity index (χ3n) is 2.19. The highest BCUT2D eigenvalue weighted by Crippen LogP contribution is 2.23. The summed E-state index contributed by atoms with van der Waals surface area (Å²) in [5.74, 6) is 0. The van der Waals surface area contributed by atoms with E-state index in [4.69, 9.17) is 4.74 Å². The van der Waals surface area contributed by atoms with Crippen molar-refractivity contribution in [1.29, 1.82) is 0 Å². The summed E-state index contributed by atoms with van der Waals surface area (Å²) in [4.78, 5) is 10.9. The lowest BCUT2D eigenvalue weighted by atomic mass is 10.0. The predicted molar refractivity (Wildman–Crippen MR) is 48.3 cm³/mol. The van der Waals surface area contributed by atoms with Crippen LogP contribution >= 0.6 is 0 Å². The Labute approximate surface area is 76.7 Å². The smallest absolute Gasteiger partial charge is 0.408 e. The van der Waals surface area contributed by atoms with E-state index in [-0.39, 0.29) is 18.2 Å². The van der Waals surface area contributed by atoms with Crippen molar-refractivity contribution in [1.82, 2.24) is 5.32 Å². The average Bonchev–Trinajstić information content (AvgIpc) is 2.47. The second-order valence-corrected chi connectivity index (χ2v) is 3.14. The van der Waals surface area contributed by atoms with Gasteiger partial charge in [0.1, 0.15) is 6.10 Å². The Hall–Kier alpha value is -1.51. The summed E-state index contributed by atoms with van der Waals surface area (Å²) in [5.41, 5.74) is 1.08. The van der Waals surface area contributed by atoms with Crippen molar-refractivity contribution in [2.24, 2.45) is 0 Å². The fourth-order valence-corrected chi connectivity index (χ4v) is 1.53. The molecule has 2 rings (SSSR count). The molecule has 1 aromatic carbocycles. The van der Waals surface area contributed by atoms with Crippen molar-refractivity contribution in [3.63, 3.8) is 0 Å². The second-order valence-electron chi connectivity index (χ2n) is 3.14. The normalized spacial score (nSPS) is 26.7. The molecule has 0 aliphatic carbocycles. The lowest BCUT2D eigenvalue weighted by Gasteiger charge is -2.12. The number of benzene rings is 1. The Bertz CT molecular complexity index is 310. The van der Waals surface area contributed by atoms with Crippen molar-refractivity contribution in [3.05, 3.63) is 35.9 Å². The molecular formula is C10H11NO2.